The Hall–Kier alpha value is -1.59. The van der Waals surface area contributed by atoms with Gasteiger partial charge in [-0.2, -0.15) is 15.0 Å². The number of nitrogens with zero attached hydrogens (tertiary/aromatic N) is 4. The summed E-state index contributed by atoms with van der Waals surface area (Å²) in [4.78, 5) is 14.5. The second kappa shape index (κ2) is 4.51. The fourth-order valence-corrected chi connectivity index (χ4v) is 1.91. The summed E-state index contributed by atoms with van der Waals surface area (Å²) in [5, 5.41) is 0. The van der Waals surface area contributed by atoms with Gasteiger partial charge in [-0.25, -0.2) is 0 Å². The summed E-state index contributed by atoms with van der Waals surface area (Å²) in [6.45, 7) is 5.54. The lowest BCUT2D eigenvalue weighted by atomic mass is 10.2. The number of nitrogens with two attached hydrogens (primary N) is 1. The van der Waals surface area contributed by atoms with Gasteiger partial charge in [0.1, 0.15) is 0 Å². The van der Waals surface area contributed by atoms with Crippen molar-refractivity contribution in [2.45, 2.75) is 32.7 Å². The van der Waals surface area contributed by atoms with Crippen molar-refractivity contribution in [2.24, 2.45) is 0 Å². The Kier molecular flexibility index (Phi) is 3.07. The third-order valence-corrected chi connectivity index (χ3v) is 2.70. The molecular weight excluding hydrogens is 206 g/mol. The number of rotatable bonds is 3. The Morgan fingerprint density at radius 1 is 1.44 bits per heavy atom. The van der Waals surface area contributed by atoms with E-state index in [0.717, 1.165) is 19.4 Å². The maximum Gasteiger partial charge on any atom is 0.323 e. The molecule has 0 aliphatic carbocycles. The van der Waals surface area contributed by atoms with E-state index < -0.39 is 0 Å². The highest BCUT2D eigenvalue weighted by molar-refractivity contribution is 5.38. The second-order valence-electron chi connectivity index (χ2n) is 3.89. The Balaban J connectivity index is 2.25. The van der Waals surface area contributed by atoms with Gasteiger partial charge in [-0.1, -0.05) is 0 Å². The zero-order chi connectivity index (χ0) is 11.5. The zero-order valence-corrected chi connectivity index (χ0v) is 9.68. The minimum Gasteiger partial charge on any atom is -0.464 e. The van der Waals surface area contributed by atoms with Gasteiger partial charge in [0.25, 0.3) is 0 Å². The SMILES string of the molecule is CCOc1nc(N)nc(N2CCCC2C)n1. The molecule has 6 nitrogen and oxygen atoms in total. The highest BCUT2D eigenvalue weighted by atomic mass is 16.5. The third-order valence-electron chi connectivity index (χ3n) is 2.70. The maximum atomic E-state index is 5.63. The van der Waals surface area contributed by atoms with E-state index in [1.54, 1.807) is 0 Å². The van der Waals surface area contributed by atoms with Crippen LogP contribution in [0.1, 0.15) is 26.7 Å². The molecule has 1 saturated heterocycles. The molecule has 1 aliphatic heterocycles. The van der Waals surface area contributed by atoms with Crippen molar-refractivity contribution < 1.29 is 4.74 Å². The van der Waals surface area contributed by atoms with Crippen molar-refractivity contribution in [3.63, 3.8) is 0 Å². The Morgan fingerprint density at radius 2 is 2.25 bits per heavy atom. The minimum absolute atomic E-state index is 0.215. The number of aromatic nitrogens is 3. The monoisotopic (exact) mass is 223 g/mol. The van der Waals surface area contributed by atoms with E-state index in [4.69, 9.17) is 10.5 Å². The Labute approximate surface area is 94.9 Å². The first-order valence-electron chi connectivity index (χ1n) is 5.61. The van der Waals surface area contributed by atoms with E-state index in [9.17, 15) is 0 Å². The molecule has 0 bridgehead atoms. The van der Waals surface area contributed by atoms with Crippen LogP contribution in [0.5, 0.6) is 6.01 Å². The average Bonchev–Trinajstić information content (AvgIpc) is 2.64. The molecule has 2 heterocycles. The van der Waals surface area contributed by atoms with Crippen LogP contribution in [0, 0.1) is 0 Å². The molecule has 1 atom stereocenters. The van der Waals surface area contributed by atoms with Crippen LogP contribution in [0.2, 0.25) is 0 Å². The maximum absolute atomic E-state index is 5.63. The Bertz CT molecular complexity index is 370. The van der Waals surface area contributed by atoms with Crippen molar-refractivity contribution >= 4 is 11.9 Å². The molecular formula is C10H17N5O. The normalized spacial score (nSPS) is 20.1. The van der Waals surface area contributed by atoms with Gasteiger partial charge < -0.3 is 15.4 Å². The van der Waals surface area contributed by atoms with Crippen molar-refractivity contribution in [1.82, 2.24) is 15.0 Å². The summed E-state index contributed by atoms with van der Waals surface area (Å²) < 4.78 is 5.25. The smallest absolute Gasteiger partial charge is 0.323 e. The molecule has 0 amide bonds. The lowest BCUT2D eigenvalue weighted by Crippen LogP contribution is -2.28. The van der Waals surface area contributed by atoms with Gasteiger partial charge >= 0.3 is 6.01 Å². The molecule has 16 heavy (non-hydrogen) atoms. The third kappa shape index (κ3) is 2.15. The van der Waals surface area contributed by atoms with E-state index in [2.05, 4.69) is 26.8 Å². The molecule has 0 aromatic carbocycles. The standard InChI is InChI=1S/C10H17N5O/c1-3-16-10-13-8(11)12-9(14-10)15-6-4-5-7(15)2/h7H,3-6H2,1-2H3,(H2,11,12,13,14). The van der Waals surface area contributed by atoms with Gasteiger partial charge in [-0.15, -0.1) is 0 Å². The minimum atomic E-state index is 0.215. The van der Waals surface area contributed by atoms with Crippen LogP contribution >= 0.6 is 0 Å². The molecule has 2 rings (SSSR count). The molecule has 1 aliphatic rings. The van der Waals surface area contributed by atoms with Crippen LogP contribution in [-0.4, -0.2) is 34.1 Å². The van der Waals surface area contributed by atoms with Crippen LogP contribution in [0.4, 0.5) is 11.9 Å². The van der Waals surface area contributed by atoms with Crippen LogP contribution in [0.25, 0.3) is 0 Å². The van der Waals surface area contributed by atoms with Crippen molar-refractivity contribution in [1.29, 1.82) is 0 Å². The van der Waals surface area contributed by atoms with Crippen molar-refractivity contribution in [3.05, 3.63) is 0 Å². The van der Waals surface area contributed by atoms with Gasteiger partial charge in [0.15, 0.2) is 0 Å². The van der Waals surface area contributed by atoms with Gasteiger partial charge in [0.05, 0.1) is 6.61 Å². The highest BCUT2D eigenvalue weighted by Crippen LogP contribution is 2.23. The van der Waals surface area contributed by atoms with E-state index in [1.807, 2.05) is 6.92 Å². The molecule has 2 N–H and O–H groups in total. The summed E-state index contributed by atoms with van der Waals surface area (Å²) in [6.07, 6.45) is 2.33. The summed E-state index contributed by atoms with van der Waals surface area (Å²) in [6, 6.07) is 0.764. The Morgan fingerprint density at radius 3 is 2.88 bits per heavy atom. The first-order valence-corrected chi connectivity index (χ1v) is 5.61. The highest BCUT2D eigenvalue weighted by Gasteiger charge is 2.23. The van der Waals surface area contributed by atoms with Crippen molar-refractivity contribution in [3.8, 4) is 6.01 Å². The molecule has 1 fully saturated rings. The van der Waals surface area contributed by atoms with Crippen LogP contribution in [0.15, 0.2) is 0 Å². The number of hydrogen-bond donors (Lipinski definition) is 1. The predicted molar refractivity (Wildman–Crippen MR) is 61.5 cm³/mol. The molecule has 0 saturated carbocycles. The molecule has 88 valence electrons. The second-order valence-corrected chi connectivity index (χ2v) is 3.89. The number of ether oxygens (including phenoxy) is 1. The van der Waals surface area contributed by atoms with Crippen LogP contribution in [0.3, 0.4) is 0 Å². The van der Waals surface area contributed by atoms with E-state index >= 15 is 0 Å². The quantitative estimate of drug-likeness (QED) is 0.818. The fourth-order valence-electron chi connectivity index (χ4n) is 1.91. The lowest BCUT2D eigenvalue weighted by molar-refractivity contribution is 0.312. The molecule has 0 radical (unpaired) electrons. The van der Waals surface area contributed by atoms with Gasteiger partial charge in [0.2, 0.25) is 11.9 Å². The predicted octanol–water partition coefficient (Wildman–Crippen LogP) is 0.841. The molecule has 1 unspecified atom stereocenters. The topological polar surface area (TPSA) is 77.2 Å². The van der Waals surface area contributed by atoms with E-state index in [0.29, 0.717) is 24.6 Å². The van der Waals surface area contributed by atoms with E-state index in [-0.39, 0.29) is 5.95 Å². The van der Waals surface area contributed by atoms with Crippen LogP contribution < -0.4 is 15.4 Å². The molecule has 1 aromatic rings. The molecule has 0 spiro atoms. The van der Waals surface area contributed by atoms with Gasteiger partial charge in [-0.3, -0.25) is 0 Å². The number of nitrogen functional groups attached to an aromatic ring is 1. The van der Waals surface area contributed by atoms with Gasteiger partial charge in [-0.05, 0) is 26.7 Å². The first-order chi connectivity index (χ1) is 7.70. The van der Waals surface area contributed by atoms with Crippen LogP contribution in [-0.2, 0) is 0 Å². The summed E-state index contributed by atoms with van der Waals surface area (Å²) in [7, 11) is 0. The summed E-state index contributed by atoms with van der Waals surface area (Å²) >= 11 is 0. The molecule has 1 aromatic heterocycles. The van der Waals surface area contributed by atoms with Crippen molar-refractivity contribution in [2.75, 3.05) is 23.8 Å². The van der Waals surface area contributed by atoms with Gasteiger partial charge in [0, 0.05) is 12.6 Å². The molecule has 6 heteroatoms. The number of hydrogen-bond acceptors (Lipinski definition) is 6. The summed E-state index contributed by atoms with van der Waals surface area (Å²) in [5.41, 5.74) is 5.63. The lowest BCUT2D eigenvalue weighted by Gasteiger charge is -2.21. The zero-order valence-electron chi connectivity index (χ0n) is 9.68. The number of anilines is 2. The largest absolute Gasteiger partial charge is 0.464 e. The van der Waals surface area contributed by atoms with E-state index in [1.165, 1.54) is 0 Å². The first kappa shape index (κ1) is 10.9. The average molecular weight is 223 g/mol. The fraction of sp³-hybridized carbons (Fsp3) is 0.700. The summed E-state index contributed by atoms with van der Waals surface area (Å²) in [5.74, 6) is 0.841.